The van der Waals surface area contributed by atoms with Crippen LogP contribution in [0.4, 0.5) is 48.3 Å². The molecule has 1 rings (SSSR count). The predicted molar refractivity (Wildman–Crippen MR) is 77.9 cm³/mol. The Balaban J connectivity index is 3.40. The first-order valence-electron chi connectivity index (χ1n) is 7.07. The molecular formula is C12H8F11NO5S2. The number of benzene rings is 1. The van der Waals surface area contributed by atoms with Crippen LogP contribution in [0.25, 0.3) is 0 Å². The number of nitrogens with one attached hydrogen (secondary N) is 1. The van der Waals surface area contributed by atoms with Crippen molar-refractivity contribution in [3.63, 3.8) is 0 Å². The smallest absolute Gasteiger partial charge is 0.282 e. The van der Waals surface area contributed by atoms with Crippen molar-refractivity contribution >= 4 is 20.1 Å². The maximum atomic E-state index is 13.7. The zero-order chi connectivity index (χ0) is 24.9. The molecule has 0 unspecified atom stereocenters. The number of hydrogen-bond donors (Lipinski definition) is 2. The van der Waals surface area contributed by atoms with E-state index in [0.29, 0.717) is 16.9 Å². The summed E-state index contributed by atoms with van der Waals surface area (Å²) in [4.78, 5) is -1.15. The second-order valence-corrected chi connectivity index (χ2v) is 8.84. The SMILES string of the molecule is O=S(=O)(O)c1ccccc1CNS(=O)(=O)C(F)(F)C(F)(F)C(F)(F)C(F)(F)C(F)(F)F. The molecule has 0 fully saturated rings. The summed E-state index contributed by atoms with van der Waals surface area (Å²) in [6, 6.07) is 3.05. The number of hydrogen-bond acceptors (Lipinski definition) is 4. The minimum atomic E-state index is -7.94. The highest BCUT2D eigenvalue weighted by molar-refractivity contribution is 7.90. The fourth-order valence-corrected chi connectivity index (χ4v) is 3.61. The fourth-order valence-electron chi connectivity index (χ4n) is 1.89. The van der Waals surface area contributed by atoms with Crippen LogP contribution >= 0.6 is 0 Å². The van der Waals surface area contributed by atoms with Crippen LogP contribution in [0.15, 0.2) is 29.2 Å². The van der Waals surface area contributed by atoms with Gasteiger partial charge in [0.05, 0.1) is 4.90 Å². The van der Waals surface area contributed by atoms with Crippen LogP contribution in [0, 0.1) is 0 Å². The predicted octanol–water partition coefficient (Wildman–Crippen LogP) is 3.41. The largest absolute Gasteiger partial charge is 0.460 e. The molecule has 19 heteroatoms. The molecule has 0 radical (unpaired) electrons. The molecule has 2 N–H and O–H groups in total. The standard InChI is InChI=1S/C12H8F11NO5S2/c13-8(14,9(15,16)11(19,20)21)10(17,18)12(22,23)31(28,29)24-5-6-3-1-2-4-7(6)30(25,26)27/h1-4,24H,5H2,(H,25,26,27). The first kappa shape index (κ1) is 27.3. The molecule has 31 heavy (non-hydrogen) atoms. The zero-order valence-electron chi connectivity index (χ0n) is 14.1. The highest BCUT2D eigenvalue weighted by Crippen LogP contribution is 2.58. The summed E-state index contributed by atoms with van der Waals surface area (Å²) in [6.45, 7) is -1.70. The van der Waals surface area contributed by atoms with Crippen molar-refractivity contribution in [2.45, 2.75) is 40.6 Å². The molecule has 0 amide bonds. The van der Waals surface area contributed by atoms with Crippen LogP contribution in [-0.4, -0.2) is 50.6 Å². The lowest BCUT2D eigenvalue weighted by Crippen LogP contribution is -2.68. The average Bonchev–Trinajstić information content (AvgIpc) is 2.57. The average molecular weight is 519 g/mol. The molecule has 1 aromatic rings. The molecule has 0 aliphatic rings. The Morgan fingerprint density at radius 1 is 0.742 bits per heavy atom. The Bertz CT molecular complexity index is 1040. The molecule has 0 spiro atoms. The fraction of sp³-hybridized carbons (Fsp3) is 0.500. The van der Waals surface area contributed by atoms with Gasteiger partial charge in [0.2, 0.25) is 0 Å². The van der Waals surface area contributed by atoms with Crippen LogP contribution in [0.1, 0.15) is 5.56 Å². The molecule has 0 aromatic heterocycles. The van der Waals surface area contributed by atoms with E-state index in [-0.39, 0.29) is 0 Å². The summed E-state index contributed by atoms with van der Waals surface area (Å²) < 4.78 is 197. The van der Waals surface area contributed by atoms with Crippen molar-refractivity contribution in [2.24, 2.45) is 0 Å². The monoisotopic (exact) mass is 519 g/mol. The highest BCUT2D eigenvalue weighted by Gasteiger charge is 2.89. The van der Waals surface area contributed by atoms with E-state index in [9.17, 15) is 65.1 Å². The third-order valence-corrected chi connectivity index (χ3v) is 5.96. The van der Waals surface area contributed by atoms with Gasteiger partial charge in [-0.1, -0.05) is 18.2 Å². The summed E-state index contributed by atoms with van der Waals surface area (Å²) in [5.41, 5.74) is -0.903. The van der Waals surface area contributed by atoms with Gasteiger partial charge in [-0.05, 0) is 11.6 Å². The molecule has 0 heterocycles. The van der Waals surface area contributed by atoms with Gasteiger partial charge in [0.1, 0.15) is 0 Å². The van der Waals surface area contributed by atoms with E-state index < -0.39 is 66.3 Å². The topological polar surface area (TPSA) is 101 Å². The number of rotatable bonds is 8. The molecule has 0 saturated heterocycles. The quantitative estimate of drug-likeness (QED) is 0.405. The van der Waals surface area contributed by atoms with Crippen molar-refractivity contribution in [3.8, 4) is 0 Å². The van der Waals surface area contributed by atoms with Crippen molar-refractivity contribution in [1.82, 2.24) is 4.72 Å². The molecule has 0 aliphatic carbocycles. The van der Waals surface area contributed by atoms with Gasteiger partial charge in [-0.15, -0.1) is 0 Å². The molecule has 1 aromatic carbocycles. The van der Waals surface area contributed by atoms with Gasteiger partial charge in [-0.2, -0.15) is 56.7 Å². The summed E-state index contributed by atoms with van der Waals surface area (Å²) in [5, 5.41) is -7.26. The van der Waals surface area contributed by atoms with E-state index in [4.69, 9.17) is 4.55 Å². The summed E-state index contributed by atoms with van der Waals surface area (Å²) in [7, 11) is -12.3. The van der Waals surface area contributed by atoms with Gasteiger partial charge >= 0.3 is 29.2 Å². The van der Waals surface area contributed by atoms with Gasteiger partial charge in [-0.3, -0.25) is 4.55 Å². The van der Waals surface area contributed by atoms with Crippen LogP contribution in [0.2, 0.25) is 0 Å². The summed E-state index contributed by atoms with van der Waals surface area (Å²) >= 11 is 0. The number of sulfonamides is 1. The minimum absolute atomic E-state index is 0.504. The van der Waals surface area contributed by atoms with E-state index in [2.05, 4.69) is 0 Å². The van der Waals surface area contributed by atoms with Crippen LogP contribution < -0.4 is 4.72 Å². The number of alkyl halides is 11. The van der Waals surface area contributed by atoms with Crippen LogP contribution in [0.3, 0.4) is 0 Å². The van der Waals surface area contributed by atoms with Crippen molar-refractivity contribution < 1.29 is 69.7 Å². The molecular weight excluding hydrogens is 511 g/mol. The van der Waals surface area contributed by atoms with E-state index >= 15 is 0 Å². The molecule has 0 saturated carbocycles. The van der Waals surface area contributed by atoms with Gasteiger partial charge in [0, 0.05) is 6.54 Å². The van der Waals surface area contributed by atoms with Crippen molar-refractivity contribution in [3.05, 3.63) is 29.8 Å². The summed E-state index contributed by atoms with van der Waals surface area (Å²) in [6.07, 6.45) is -7.47. The van der Waals surface area contributed by atoms with Gasteiger partial charge in [-0.25, -0.2) is 13.1 Å². The van der Waals surface area contributed by atoms with Crippen molar-refractivity contribution in [1.29, 1.82) is 0 Å². The van der Waals surface area contributed by atoms with Crippen molar-refractivity contribution in [2.75, 3.05) is 0 Å². The first-order chi connectivity index (χ1) is 13.5. The maximum absolute atomic E-state index is 13.7. The third-order valence-electron chi connectivity index (χ3n) is 3.55. The lowest BCUT2D eigenvalue weighted by molar-refractivity contribution is -0.413. The Labute approximate surface area is 165 Å². The van der Waals surface area contributed by atoms with Crippen LogP contribution in [-0.2, 0) is 26.7 Å². The Morgan fingerprint density at radius 2 is 1.19 bits per heavy atom. The molecule has 6 nitrogen and oxygen atoms in total. The van der Waals surface area contributed by atoms with Crippen LogP contribution in [0.5, 0.6) is 0 Å². The van der Waals surface area contributed by atoms with E-state index in [1.54, 1.807) is 0 Å². The van der Waals surface area contributed by atoms with Gasteiger partial charge in [0.25, 0.3) is 20.1 Å². The van der Waals surface area contributed by atoms with E-state index in [0.717, 1.165) is 12.1 Å². The molecule has 0 aliphatic heterocycles. The second kappa shape index (κ2) is 7.69. The maximum Gasteiger partial charge on any atom is 0.460 e. The third kappa shape index (κ3) is 4.44. The Hall–Kier alpha value is -1.73. The van der Waals surface area contributed by atoms with E-state index in [1.165, 1.54) is 0 Å². The molecule has 0 atom stereocenters. The Morgan fingerprint density at radius 3 is 1.61 bits per heavy atom. The Kier molecular flexibility index (Phi) is 6.78. The summed E-state index contributed by atoms with van der Waals surface area (Å²) in [5.74, 6) is -23.5. The lowest BCUT2D eigenvalue weighted by atomic mass is 10.0. The zero-order valence-corrected chi connectivity index (χ0v) is 15.7. The van der Waals surface area contributed by atoms with Gasteiger partial charge in [0.15, 0.2) is 0 Å². The van der Waals surface area contributed by atoms with Gasteiger partial charge < -0.3 is 0 Å². The number of halogens is 11. The normalized spacial score (nSPS) is 15.2. The second-order valence-electron chi connectivity index (χ2n) is 5.65. The lowest BCUT2D eigenvalue weighted by Gasteiger charge is -2.36. The minimum Gasteiger partial charge on any atom is -0.282 e. The highest BCUT2D eigenvalue weighted by atomic mass is 32.2. The van der Waals surface area contributed by atoms with E-state index in [1.807, 2.05) is 0 Å². The molecule has 180 valence electrons. The molecule has 0 bridgehead atoms. The first-order valence-corrected chi connectivity index (χ1v) is 10.00.